The number of Topliss-reactive ketones (excluding diaryl/α,β-unsaturated/α-hetero) is 1. The van der Waals surface area contributed by atoms with Gasteiger partial charge in [0.15, 0.2) is 5.76 Å². The molecule has 1 aliphatic heterocycles. The number of benzene rings is 1. The highest BCUT2D eigenvalue weighted by molar-refractivity contribution is 7.10. The predicted molar refractivity (Wildman–Crippen MR) is 145 cm³/mol. The number of anilines is 1. The van der Waals surface area contributed by atoms with E-state index in [0.717, 1.165) is 20.9 Å². The quantitative estimate of drug-likeness (QED) is 0.279. The molecule has 1 fully saturated rings. The van der Waals surface area contributed by atoms with E-state index < -0.39 is 41.7 Å². The number of furan rings is 1. The molecule has 1 saturated heterocycles. The summed E-state index contributed by atoms with van der Waals surface area (Å²) in [6.07, 6.45) is 0. The third-order valence-corrected chi connectivity index (χ3v) is 9.16. The van der Waals surface area contributed by atoms with Crippen molar-refractivity contribution in [2.45, 2.75) is 38.8 Å². The summed E-state index contributed by atoms with van der Waals surface area (Å²) in [5, 5.41) is 6.56. The van der Waals surface area contributed by atoms with Gasteiger partial charge in [-0.3, -0.25) is 9.59 Å². The third-order valence-electron chi connectivity index (χ3n) is 6.95. The topological polar surface area (TPSA) is 106 Å². The number of ketones is 1. The normalized spacial score (nSPS) is 21.0. The molecule has 0 radical (unpaired) electrons. The number of hydrogen-bond donors (Lipinski definition) is 2. The zero-order valence-corrected chi connectivity index (χ0v) is 22.6. The molecule has 38 heavy (non-hydrogen) atoms. The van der Waals surface area contributed by atoms with E-state index in [9.17, 15) is 18.8 Å². The van der Waals surface area contributed by atoms with Crippen molar-refractivity contribution in [3.63, 3.8) is 0 Å². The Balaban J connectivity index is 1.71. The zero-order chi connectivity index (χ0) is 27.1. The number of aryl methyl sites for hydroxylation is 3. The van der Waals surface area contributed by atoms with Crippen molar-refractivity contribution in [2.24, 2.45) is 11.7 Å². The van der Waals surface area contributed by atoms with Gasteiger partial charge in [0.25, 0.3) is 0 Å². The Morgan fingerprint density at radius 1 is 0.921 bits per heavy atom. The van der Waals surface area contributed by atoms with Gasteiger partial charge < -0.3 is 20.4 Å². The Kier molecular flexibility index (Phi) is 6.93. The van der Waals surface area contributed by atoms with Crippen LogP contribution in [-0.2, 0) is 4.79 Å². The molecule has 4 atom stereocenters. The molecule has 3 amide bonds. The van der Waals surface area contributed by atoms with E-state index in [-0.39, 0.29) is 11.5 Å². The van der Waals surface area contributed by atoms with Crippen molar-refractivity contribution in [3.05, 3.63) is 97.5 Å². The maximum Gasteiger partial charge on any atom is 0.323 e. The van der Waals surface area contributed by atoms with Gasteiger partial charge in [-0.25, -0.2) is 9.18 Å². The van der Waals surface area contributed by atoms with Gasteiger partial charge in [-0.15, -0.1) is 22.7 Å². The molecular formula is C28H26FN3O4S2. The fourth-order valence-corrected chi connectivity index (χ4v) is 7.42. The van der Waals surface area contributed by atoms with Gasteiger partial charge in [0.1, 0.15) is 17.6 Å². The van der Waals surface area contributed by atoms with Crippen LogP contribution in [0.4, 0.5) is 14.9 Å². The van der Waals surface area contributed by atoms with Crippen molar-refractivity contribution in [3.8, 4) is 0 Å². The van der Waals surface area contributed by atoms with Gasteiger partial charge in [0.2, 0.25) is 11.7 Å². The summed E-state index contributed by atoms with van der Waals surface area (Å²) < 4.78 is 19.2. The van der Waals surface area contributed by atoms with Crippen molar-refractivity contribution < 1.29 is 23.2 Å². The summed E-state index contributed by atoms with van der Waals surface area (Å²) in [7, 11) is 0. The van der Waals surface area contributed by atoms with Gasteiger partial charge >= 0.3 is 6.03 Å². The molecule has 4 aromatic rings. The molecular weight excluding hydrogens is 525 g/mol. The summed E-state index contributed by atoms with van der Waals surface area (Å²) in [6.45, 7) is 5.57. The molecule has 196 valence electrons. The minimum absolute atomic E-state index is 0.162. The Morgan fingerprint density at radius 3 is 2.08 bits per heavy atom. The molecule has 0 saturated carbocycles. The van der Waals surface area contributed by atoms with Crippen molar-refractivity contribution in [1.29, 1.82) is 0 Å². The van der Waals surface area contributed by atoms with Crippen molar-refractivity contribution in [1.82, 2.24) is 4.90 Å². The number of halogens is 1. The maximum atomic E-state index is 14.2. The second kappa shape index (κ2) is 10.2. The molecule has 10 heteroatoms. The first kappa shape index (κ1) is 25.9. The highest BCUT2D eigenvalue weighted by atomic mass is 32.1. The van der Waals surface area contributed by atoms with E-state index in [1.54, 1.807) is 19.1 Å². The van der Waals surface area contributed by atoms with Crippen LogP contribution in [0.5, 0.6) is 0 Å². The zero-order valence-electron chi connectivity index (χ0n) is 20.9. The molecule has 4 unspecified atom stereocenters. The molecule has 3 N–H and O–H groups in total. The summed E-state index contributed by atoms with van der Waals surface area (Å²) in [5.74, 6) is -2.27. The van der Waals surface area contributed by atoms with Crippen LogP contribution in [-0.4, -0.2) is 28.7 Å². The molecule has 3 aromatic heterocycles. The SMILES string of the molecule is Cc1ccc(C(=O)C2C(c3sccc3C)C(C(N)=O)N(C(=O)Nc3ccc(F)cc3)C2c2sccc2C)o1. The minimum Gasteiger partial charge on any atom is -0.458 e. The van der Waals surface area contributed by atoms with Gasteiger partial charge in [0.05, 0.1) is 12.0 Å². The Labute approximate surface area is 227 Å². The number of carbonyl (C=O) groups is 3. The van der Waals surface area contributed by atoms with Crippen molar-refractivity contribution >= 4 is 46.1 Å². The van der Waals surface area contributed by atoms with Crippen LogP contribution in [0.15, 0.2) is 63.7 Å². The van der Waals surface area contributed by atoms with Crippen LogP contribution in [0.3, 0.4) is 0 Å². The van der Waals surface area contributed by atoms with E-state index in [4.69, 9.17) is 10.2 Å². The molecule has 0 aliphatic carbocycles. The molecule has 0 bridgehead atoms. The Bertz CT molecular complexity index is 1510. The van der Waals surface area contributed by atoms with Crippen LogP contribution >= 0.6 is 22.7 Å². The summed E-state index contributed by atoms with van der Waals surface area (Å²) in [4.78, 5) is 44.3. The lowest BCUT2D eigenvalue weighted by atomic mass is 9.80. The van der Waals surface area contributed by atoms with E-state index in [1.165, 1.54) is 51.8 Å². The summed E-state index contributed by atoms with van der Waals surface area (Å²) in [5.41, 5.74) is 8.15. The van der Waals surface area contributed by atoms with E-state index in [1.807, 2.05) is 36.7 Å². The monoisotopic (exact) mass is 551 g/mol. The summed E-state index contributed by atoms with van der Waals surface area (Å²) >= 11 is 2.84. The number of nitrogens with two attached hydrogens (primary N) is 1. The number of thiophene rings is 2. The highest BCUT2D eigenvalue weighted by Crippen LogP contribution is 2.54. The first-order valence-electron chi connectivity index (χ1n) is 12.0. The number of nitrogens with zero attached hydrogens (tertiary/aromatic N) is 1. The minimum atomic E-state index is -1.12. The molecule has 7 nitrogen and oxygen atoms in total. The highest BCUT2D eigenvalue weighted by Gasteiger charge is 2.58. The first-order chi connectivity index (χ1) is 18.2. The second-order valence-electron chi connectivity index (χ2n) is 9.40. The van der Waals surface area contributed by atoms with Gasteiger partial charge in [0, 0.05) is 21.4 Å². The standard InChI is InChI=1S/C28H26FN3O4S2/c1-14-10-12-37-25(14)21-20(24(33)19-9-4-16(3)36-19)22(26-15(2)11-13-38-26)32(23(21)27(30)34)28(35)31-18-7-5-17(29)6-8-18/h4-13,20-23H,1-3H3,(H2,30,34)(H,31,35). The number of carbonyl (C=O) groups excluding carboxylic acids is 3. The maximum absolute atomic E-state index is 14.2. The number of hydrogen-bond acceptors (Lipinski definition) is 6. The second-order valence-corrected chi connectivity index (χ2v) is 11.3. The Hall–Kier alpha value is -3.76. The van der Waals surface area contributed by atoms with Crippen LogP contribution < -0.4 is 11.1 Å². The van der Waals surface area contributed by atoms with Crippen LogP contribution in [0.2, 0.25) is 0 Å². The number of rotatable bonds is 6. The third kappa shape index (κ3) is 4.54. The van der Waals surface area contributed by atoms with Crippen LogP contribution in [0.25, 0.3) is 0 Å². The number of likely N-dealkylation sites (tertiary alicyclic amines) is 1. The largest absolute Gasteiger partial charge is 0.458 e. The lowest BCUT2D eigenvalue weighted by molar-refractivity contribution is -0.122. The van der Waals surface area contributed by atoms with E-state index in [0.29, 0.717) is 11.4 Å². The Morgan fingerprint density at radius 2 is 1.55 bits per heavy atom. The smallest absolute Gasteiger partial charge is 0.323 e. The number of amides is 3. The fraction of sp³-hybridized carbons (Fsp3) is 0.250. The number of urea groups is 1. The number of primary amides is 1. The molecule has 1 aromatic carbocycles. The van der Waals surface area contributed by atoms with Gasteiger partial charge in [-0.2, -0.15) is 0 Å². The van der Waals surface area contributed by atoms with Crippen LogP contribution in [0.1, 0.15) is 49.2 Å². The lowest BCUT2D eigenvalue weighted by Gasteiger charge is -2.30. The van der Waals surface area contributed by atoms with E-state index in [2.05, 4.69) is 5.32 Å². The molecule has 5 rings (SSSR count). The fourth-order valence-electron chi connectivity index (χ4n) is 5.25. The van der Waals surface area contributed by atoms with Crippen LogP contribution in [0, 0.1) is 32.5 Å². The van der Waals surface area contributed by atoms with Gasteiger partial charge in [-0.05, 0) is 91.2 Å². The predicted octanol–water partition coefficient (Wildman–Crippen LogP) is 6.19. The number of nitrogens with one attached hydrogen (secondary N) is 1. The lowest BCUT2D eigenvalue weighted by Crippen LogP contribution is -2.48. The first-order valence-corrected chi connectivity index (χ1v) is 13.8. The summed E-state index contributed by atoms with van der Waals surface area (Å²) in [6, 6.07) is 9.97. The van der Waals surface area contributed by atoms with E-state index >= 15 is 0 Å². The molecule has 0 spiro atoms. The average Bonchev–Trinajstić information content (AvgIpc) is 3.65. The molecule has 1 aliphatic rings. The van der Waals surface area contributed by atoms with Gasteiger partial charge in [-0.1, -0.05) is 0 Å². The molecule has 4 heterocycles. The van der Waals surface area contributed by atoms with Crippen molar-refractivity contribution in [2.75, 3.05) is 5.32 Å². The average molecular weight is 552 g/mol.